The Balaban J connectivity index is 2.26. The fourth-order valence-corrected chi connectivity index (χ4v) is 2.15. The van der Waals surface area contributed by atoms with E-state index in [2.05, 4.69) is 35.9 Å². The van der Waals surface area contributed by atoms with E-state index < -0.39 is 0 Å². The van der Waals surface area contributed by atoms with Gasteiger partial charge in [-0.2, -0.15) is 0 Å². The van der Waals surface area contributed by atoms with Crippen molar-refractivity contribution in [3.05, 3.63) is 40.6 Å². The zero-order valence-corrected chi connectivity index (χ0v) is 10.7. The van der Waals surface area contributed by atoms with Crippen molar-refractivity contribution in [1.82, 2.24) is 19.9 Å². The van der Waals surface area contributed by atoms with Gasteiger partial charge < -0.3 is 4.98 Å². The fourth-order valence-electron chi connectivity index (χ4n) is 1.71. The zero-order valence-electron chi connectivity index (χ0n) is 9.11. The summed E-state index contributed by atoms with van der Waals surface area (Å²) in [6.07, 6.45) is 3.50. The standard InChI is InChI=1S/C12H9BrN4/c1-7-4-6-15-11-9(7)16-12(17-11)10-8(13)3-2-5-14-10/h2-6H,1H3,(H,15,16,17). The summed E-state index contributed by atoms with van der Waals surface area (Å²) in [6, 6.07) is 5.77. The van der Waals surface area contributed by atoms with Gasteiger partial charge in [-0.3, -0.25) is 4.98 Å². The third-order valence-corrected chi connectivity index (χ3v) is 3.22. The molecule has 3 aromatic heterocycles. The van der Waals surface area contributed by atoms with Crippen molar-refractivity contribution in [3.8, 4) is 11.5 Å². The van der Waals surface area contributed by atoms with Crippen molar-refractivity contribution in [1.29, 1.82) is 0 Å². The first-order valence-electron chi connectivity index (χ1n) is 5.18. The summed E-state index contributed by atoms with van der Waals surface area (Å²) in [6.45, 7) is 2.03. The Hall–Kier alpha value is -1.75. The molecule has 0 aliphatic rings. The van der Waals surface area contributed by atoms with Gasteiger partial charge in [-0.15, -0.1) is 0 Å². The molecule has 3 rings (SSSR count). The van der Waals surface area contributed by atoms with Gasteiger partial charge in [-0.25, -0.2) is 9.97 Å². The number of aryl methyl sites for hydroxylation is 1. The highest BCUT2D eigenvalue weighted by Crippen LogP contribution is 2.25. The molecule has 0 spiro atoms. The van der Waals surface area contributed by atoms with Crippen molar-refractivity contribution >= 4 is 27.1 Å². The Morgan fingerprint density at radius 2 is 2.06 bits per heavy atom. The molecular formula is C12H9BrN4. The molecule has 1 N–H and O–H groups in total. The van der Waals surface area contributed by atoms with Gasteiger partial charge in [0.05, 0.1) is 5.52 Å². The average Bonchev–Trinajstić information content (AvgIpc) is 2.75. The van der Waals surface area contributed by atoms with Crippen molar-refractivity contribution in [2.75, 3.05) is 0 Å². The second-order valence-electron chi connectivity index (χ2n) is 3.75. The number of hydrogen-bond acceptors (Lipinski definition) is 3. The Morgan fingerprint density at radius 1 is 1.18 bits per heavy atom. The normalized spacial score (nSPS) is 10.9. The van der Waals surface area contributed by atoms with Gasteiger partial charge in [0.2, 0.25) is 0 Å². The Bertz CT molecular complexity index is 690. The van der Waals surface area contributed by atoms with Crippen LogP contribution < -0.4 is 0 Å². The summed E-state index contributed by atoms with van der Waals surface area (Å²) in [7, 11) is 0. The molecule has 0 amide bonds. The monoisotopic (exact) mass is 288 g/mol. The van der Waals surface area contributed by atoms with Gasteiger partial charge in [0.1, 0.15) is 5.69 Å². The summed E-state index contributed by atoms with van der Waals surface area (Å²) in [5, 5.41) is 0. The zero-order chi connectivity index (χ0) is 11.8. The minimum absolute atomic E-state index is 0.720. The first-order chi connectivity index (χ1) is 8.25. The minimum atomic E-state index is 0.720. The summed E-state index contributed by atoms with van der Waals surface area (Å²) in [4.78, 5) is 16.2. The van der Waals surface area contributed by atoms with E-state index in [1.54, 1.807) is 12.4 Å². The molecule has 0 atom stereocenters. The Kier molecular flexibility index (Phi) is 2.40. The third kappa shape index (κ3) is 1.72. The molecule has 0 saturated heterocycles. The topological polar surface area (TPSA) is 54.5 Å². The number of nitrogens with zero attached hydrogens (tertiary/aromatic N) is 3. The number of pyridine rings is 2. The summed E-state index contributed by atoms with van der Waals surface area (Å²) < 4.78 is 0.914. The van der Waals surface area contributed by atoms with Crippen LogP contribution in [0.5, 0.6) is 0 Å². The van der Waals surface area contributed by atoms with E-state index in [4.69, 9.17) is 0 Å². The van der Waals surface area contributed by atoms with E-state index in [9.17, 15) is 0 Å². The molecule has 84 valence electrons. The van der Waals surface area contributed by atoms with Gasteiger partial charge in [0, 0.05) is 16.9 Å². The summed E-state index contributed by atoms with van der Waals surface area (Å²) in [5.74, 6) is 0.731. The van der Waals surface area contributed by atoms with E-state index in [-0.39, 0.29) is 0 Å². The van der Waals surface area contributed by atoms with E-state index in [1.165, 1.54) is 0 Å². The smallest absolute Gasteiger partial charge is 0.178 e. The number of aromatic nitrogens is 4. The lowest BCUT2D eigenvalue weighted by Crippen LogP contribution is -1.86. The quantitative estimate of drug-likeness (QED) is 0.749. The maximum atomic E-state index is 4.45. The van der Waals surface area contributed by atoms with Crippen LogP contribution in [-0.4, -0.2) is 19.9 Å². The highest BCUT2D eigenvalue weighted by molar-refractivity contribution is 9.10. The first-order valence-corrected chi connectivity index (χ1v) is 5.97. The molecule has 0 unspecified atom stereocenters. The van der Waals surface area contributed by atoms with Crippen LogP contribution in [0.4, 0.5) is 0 Å². The van der Waals surface area contributed by atoms with Crippen LogP contribution in [0.15, 0.2) is 35.1 Å². The maximum Gasteiger partial charge on any atom is 0.178 e. The van der Waals surface area contributed by atoms with Crippen molar-refractivity contribution in [2.45, 2.75) is 6.92 Å². The van der Waals surface area contributed by atoms with Crippen LogP contribution in [0.2, 0.25) is 0 Å². The molecule has 5 heteroatoms. The van der Waals surface area contributed by atoms with Crippen molar-refractivity contribution < 1.29 is 0 Å². The third-order valence-electron chi connectivity index (χ3n) is 2.58. The number of H-pyrrole nitrogens is 1. The predicted octanol–water partition coefficient (Wildman–Crippen LogP) is 3.09. The summed E-state index contributed by atoms with van der Waals surface area (Å²) in [5.41, 5.74) is 3.60. The van der Waals surface area contributed by atoms with Crippen LogP contribution in [0.25, 0.3) is 22.7 Å². The van der Waals surface area contributed by atoms with Gasteiger partial charge in [0.15, 0.2) is 11.5 Å². The SMILES string of the molecule is Cc1ccnc2nc(-c3ncccc3Br)[nH]c12. The number of rotatable bonds is 1. The molecule has 0 radical (unpaired) electrons. The summed E-state index contributed by atoms with van der Waals surface area (Å²) >= 11 is 3.47. The van der Waals surface area contributed by atoms with E-state index in [1.807, 2.05) is 25.1 Å². The van der Waals surface area contributed by atoms with Crippen molar-refractivity contribution in [3.63, 3.8) is 0 Å². The molecule has 3 heterocycles. The Labute approximate surface area is 106 Å². The molecule has 0 aliphatic carbocycles. The lowest BCUT2D eigenvalue weighted by Gasteiger charge is -1.97. The molecule has 17 heavy (non-hydrogen) atoms. The lowest BCUT2D eigenvalue weighted by molar-refractivity contribution is 1.22. The Morgan fingerprint density at radius 3 is 2.82 bits per heavy atom. The molecule has 0 aromatic carbocycles. The highest BCUT2D eigenvalue weighted by atomic mass is 79.9. The van der Waals surface area contributed by atoms with Gasteiger partial charge in [-0.1, -0.05) is 0 Å². The molecule has 0 bridgehead atoms. The lowest BCUT2D eigenvalue weighted by atomic mass is 10.3. The van der Waals surface area contributed by atoms with Crippen LogP contribution in [-0.2, 0) is 0 Å². The first kappa shape index (κ1) is 10.4. The molecule has 4 nitrogen and oxygen atoms in total. The highest BCUT2D eigenvalue weighted by Gasteiger charge is 2.10. The number of hydrogen-bond donors (Lipinski definition) is 1. The molecule has 0 saturated carbocycles. The second-order valence-corrected chi connectivity index (χ2v) is 4.60. The number of nitrogens with one attached hydrogen (secondary N) is 1. The largest absolute Gasteiger partial charge is 0.335 e. The fraction of sp³-hybridized carbons (Fsp3) is 0.0833. The number of aromatic amines is 1. The molecule has 3 aromatic rings. The number of imidazole rings is 1. The molecular weight excluding hydrogens is 280 g/mol. The van der Waals surface area contributed by atoms with Gasteiger partial charge in [0.25, 0.3) is 0 Å². The van der Waals surface area contributed by atoms with Crippen LogP contribution in [0.1, 0.15) is 5.56 Å². The van der Waals surface area contributed by atoms with Crippen molar-refractivity contribution in [2.24, 2.45) is 0 Å². The van der Waals surface area contributed by atoms with Crippen LogP contribution in [0.3, 0.4) is 0 Å². The molecule has 0 aliphatic heterocycles. The number of halogens is 1. The molecule has 0 fully saturated rings. The maximum absolute atomic E-state index is 4.45. The minimum Gasteiger partial charge on any atom is -0.335 e. The van der Waals surface area contributed by atoms with Crippen LogP contribution >= 0.6 is 15.9 Å². The van der Waals surface area contributed by atoms with E-state index in [0.717, 1.165) is 32.7 Å². The predicted molar refractivity (Wildman–Crippen MR) is 69.6 cm³/mol. The average molecular weight is 289 g/mol. The van der Waals surface area contributed by atoms with Crippen LogP contribution in [0, 0.1) is 6.92 Å². The van der Waals surface area contributed by atoms with Gasteiger partial charge in [-0.05, 0) is 46.6 Å². The number of fused-ring (bicyclic) bond motifs is 1. The van der Waals surface area contributed by atoms with Gasteiger partial charge >= 0.3 is 0 Å². The second kappa shape index (κ2) is 3.92. The van der Waals surface area contributed by atoms with E-state index >= 15 is 0 Å². The van der Waals surface area contributed by atoms with E-state index in [0.29, 0.717) is 0 Å².